The number of aliphatic hydroxyl groups is 1. The molecular formula is C12H20N4O2. The number of hydrogen-bond donors (Lipinski definition) is 3. The number of nitrogens with zero attached hydrogens (tertiary/aromatic N) is 2. The predicted molar refractivity (Wildman–Crippen MR) is 71.9 cm³/mol. The molecule has 1 aromatic rings. The molecule has 100 valence electrons. The van der Waals surface area contributed by atoms with E-state index >= 15 is 0 Å². The molecule has 6 heteroatoms. The maximum absolute atomic E-state index is 11.5. The van der Waals surface area contributed by atoms with E-state index in [-0.39, 0.29) is 6.03 Å². The van der Waals surface area contributed by atoms with Gasteiger partial charge in [-0.05, 0) is 25.5 Å². The molecule has 0 spiro atoms. The first-order chi connectivity index (χ1) is 8.49. The highest BCUT2D eigenvalue weighted by atomic mass is 16.3. The van der Waals surface area contributed by atoms with Crippen LogP contribution >= 0.6 is 0 Å². The predicted octanol–water partition coefficient (Wildman–Crippen LogP) is 1.04. The van der Waals surface area contributed by atoms with E-state index in [0.717, 1.165) is 5.82 Å². The van der Waals surface area contributed by atoms with E-state index in [0.29, 0.717) is 18.7 Å². The molecule has 1 aromatic heterocycles. The van der Waals surface area contributed by atoms with Crippen molar-refractivity contribution >= 4 is 17.5 Å². The summed E-state index contributed by atoms with van der Waals surface area (Å²) < 4.78 is 0. The normalized spacial score (nSPS) is 11.8. The highest BCUT2D eigenvalue weighted by Gasteiger charge is 2.03. The van der Waals surface area contributed by atoms with Crippen molar-refractivity contribution in [3.63, 3.8) is 0 Å². The minimum Gasteiger partial charge on any atom is -0.393 e. The Bertz CT molecular complexity index is 376. The topological polar surface area (TPSA) is 77.5 Å². The van der Waals surface area contributed by atoms with E-state index in [1.165, 1.54) is 0 Å². The fourth-order valence-corrected chi connectivity index (χ4v) is 1.29. The number of rotatable bonds is 5. The summed E-state index contributed by atoms with van der Waals surface area (Å²) in [5.74, 6) is 0.829. The molecule has 0 saturated heterocycles. The van der Waals surface area contributed by atoms with Gasteiger partial charge in [0.1, 0.15) is 5.82 Å². The van der Waals surface area contributed by atoms with Crippen LogP contribution in [0.2, 0.25) is 0 Å². The van der Waals surface area contributed by atoms with Crippen molar-refractivity contribution in [2.45, 2.75) is 19.4 Å². The molecule has 0 bridgehead atoms. The molecule has 0 aromatic carbocycles. The summed E-state index contributed by atoms with van der Waals surface area (Å²) in [6.07, 6.45) is 1.72. The van der Waals surface area contributed by atoms with Crippen molar-refractivity contribution in [2.24, 2.45) is 0 Å². The van der Waals surface area contributed by atoms with Gasteiger partial charge in [0.15, 0.2) is 0 Å². The molecular weight excluding hydrogens is 232 g/mol. The van der Waals surface area contributed by atoms with Gasteiger partial charge in [-0.2, -0.15) is 0 Å². The van der Waals surface area contributed by atoms with Crippen LogP contribution in [0.25, 0.3) is 0 Å². The number of pyridine rings is 1. The van der Waals surface area contributed by atoms with Crippen LogP contribution in [0.3, 0.4) is 0 Å². The van der Waals surface area contributed by atoms with Crippen molar-refractivity contribution in [1.82, 2.24) is 10.3 Å². The number of amides is 2. The second kappa shape index (κ2) is 6.80. The lowest BCUT2D eigenvalue weighted by atomic mass is 10.3. The zero-order valence-corrected chi connectivity index (χ0v) is 11.0. The standard InChI is InChI=1S/C12H20N4O2/c1-9(17)6-7-13-12(18)15-10-4-5-11(14-8-10)16(2)3/h4-5,8-9,17H,6-7H2,1-3H3,(H2,13,15,18). The molecule has 18 heavy (non-hydrogen) atoms. The van der Waals surface area contributed by atoms with Crippen LogP contribution in [-0.2, 0) is 0 Å². The van der Waals surface area contributed by atoms with E-state index in [1.54, 1.807) is 19.2 Å². The van der Waals surface area contributed by atoms with Crippen molar-refractivity contribution < 1.29 is 9.90 Å². The molecule has 0 aliphatic carbocycles. The number of anilines is 2. The maximum atomic E-state index is 11.5. The van der Waals surface area contributed by atoms with Gasteiger partial charge in [-0.1, -0.05) is 0 Å². The van der Waals surface area contributed by atoms with Crippen LogP contribution in [0.4, 0.5) is 16.3 Å². The van der Waals surface area contributed by atoms with Crippen molar-refractivity contribution in [2.75, 3.05) is 30.9 Å². The fraction of sp³-hybridized carbons (Fsp3) is 0.500. The average molecular weight is 252 g/mol. The Morgan fingerprint density at radius 2 is 2.22 bits per heavy atom. The van der Waals surface area contributed by atoms with Crippen LogP contribution in [-0.4, -0.2) is 42.9 Å². The van der Waals surface area contributed by atoms with E-state index in [1.807, 2.05) is 25.1 Å². The molecule has 0 radical (unpaired) electrons. The number of aromatic nitrogens is 1. The van der Waals surface area contributed by atoms with Gasteiger partial charge < -0.3 is 20.6 Å². The van der Waals surface area contributed by atoms with Crippen molar-refractivity contribution in [1.29, 1.82) is 0 Å². The molecule has 1 rings (SSSR count). The SMILES string of the molecule is CC(O)CCNC(=O)Nc1ccc(N(C)C)nc1. The number of nitrogens with one attached hydrogen (secondary N) is 2. The Kier molecular flexibility index (Phi) is 5.38. The Labute approximate surface area is 107 Å². The molecule has 6 nitrogen and oxygen atoms in total. The molecule has 1 heterocycles. The number of hydrogen-bond acceptors (Lipinski definition) is 4. The smallest absolute Gasteiger partial charge is 0.319 e. The first-order valence-corrected chi connectivity index (χ1v) is 5.85. The van der Waals surface area contributed by atoms with Gasteiger partial charge in [0.2, 0.25) is 0 Å². The molecule has 1 unspecified atom stereocenters. The number of urea groups is 1. The molecule has 1 atom stereocenters. The monoisotopic (exact) mass is 252 g/mol. The molecule has 0 saturated carbocycles. The second-order valence-electron chi connectivity index (χ2n) is 4.32. The lowest BCUT2D eigenvalue weighted by Gasteiger charge is -2.12. The van der Waals surface area contributed by atoms with Gasteiger partial charge in [0.25, 0.3) is 0 Å². The van der Waals surface area contributed by atoms with E-state index in [9.17, 15) is 4.79 Å². The summed E-state index contributed by atoms with van der Waals surface area (Å²) in [4.78, 5) is 17.5. The fourth-order valence-electron chi connectivity index (χ4n) is 1.29. The van der Waals surface area contributed by atoms with Gasteiger partial charge in [-0.25, -0.2) is 9.78 Å². The van der Waals surface area contributed by atoms with E-state index < -0.39 is 6.10 Å². The highest BCUT2D eigenvalue weighted by molar-refractivity contribution is 5.89. The Morgan fingerprint density at radius 1 is 1.50 bits per heavy atom. The number of carbonyl (C=O) groups is 1. The molecule has 2 amide bonds. The van der Waals surface area contributed by atoms with Crippen LogP contribution in [0, 0.1) is 0 Å². The van der Waals surface area contributed by atoms with Gasteiger partial charge in [0.05, 0.1) is 18.0 Å². The summed E-state index contributed by atoms with van der Waals surface area (Å²) in [5.41, 5.74) is 0.634. The van der Waals surface area contributed by atoms with Crippen molar-refractivity contribution in [3.8, 4) is 0 Å². The van der Waals surface area contributed by atoms with Crippen LogP contribution in [0.5, 0.6) is 0 Å². The Balaban J connectivity index is 2.40. The Morgan fingerprint density at radius 3 is 2.72 bits per heavy atom. The quantitative estimate of drug-likeness (QED) is 0.731. The summed E-state index contributed by atoms with van der Waals surface area (Å²) in [6, 6.07) is 3.32. The molecule has 3 N–H and O–H groups in total. The zero-order chi connectivity index (χ0) is 13.5. The minimum atomic E-state index is -0.411. The second-order valence-corrected chi connectivity index (χ2v) is 4.32. The van der Waals surface area contributed by atoms with Gasteiger partial charge in [0, 0.05) is 20.6 Å². The Hall–Kier alpha value is -1.82. The lowest BCUT2D eigenvalue weighted by molar-refractivity contribution is 0.184. The van der Waals surface area contributed by atoms with Crippen LogP contribution in [0.15, 0.2) is 18.3 Å². The molecule has 0 aliphatic heterocycles. The molecule has 0 aliphatic rings. The summed E-state index contributed by atoms with van der Waals surface area (Å²) >= 11 is 0. The van der Waals surface area contributed by atoms with E-state index in [4.69, 9.17) is 5.11 Å². The van der Waals surface area contributed by atoms with Crippen molar-refractivity contribution in [3.05, 3.63) is 18.3 Å². The van der Waals surface area contributed by atoms with Crippen LogP contribution in [0.1, 0.15) is 13.3 Å². The summed E-state index contributed by atoms with van der Waals surface area (Å²) in [5, 5.41) is 14.4. The number of carbonyl (C=O) groups excluding carboxylic acids is 1. The zero-order valence-electron chi connectivity index (χ0n) is 11.0. The number of aliphatic hydroxyl groups excluding tert-OH is 1. The van der Waals surface area contributed by atoms with E-state index in [2.05, 4.69) is 15.6 Å². The summed E-state index contributed by atoms with van der Waals surface area (Å²) in [7, 11) is 3.80. The van der Waals surface area contributed by atoms with Gasteiger partial charge in [-0.15, -0.1) is 0 Å². The summed E-state index contributed by atoms with van der Waals surface area (Å²) in [6.45, 7) is 2.12. The largest absolute Gasteiger partial charge is 0.393 e. The lowest BCUT2D eigenvalue weighted by Crippen LogP contribution is -2.30. The third-order valence-electron chi connectivity index (χ3n) is 2.31. The van der Waals surface area contributed by atoms with Crippen LogP contribution < -0.4 is 15.5 Å². The average Bonchev–Trinajstić information content (AvgIpc) is 2.29. The third-order valence-corrected chi connectivity index (χ3v) is 2.31. The third kappa shape index (κ3) is 5.01. The van der Waals surface area contributed by atoms with Gasteiger partial charge in [-0.3, -0.25) is 0 Å². The highest BCUT2D eigenvalue weighted by Crippen LogP contribution is 2.11. The minimum absolute atomic E-state index is 0.296. The first kappa shape index (κ1) is 14.2. The first-order valence-electron chi connectivity index (χ1n) is 5.85. The molecule has 0 fully saturated rings. The maximum Gasteiger partial charge on any atom is 0.319 e. The van der Waals surface area contributed by atoms with Gasteiger partial charge >= 0.3 is 6.03 Å².